The molecule has 1 atom stereocenters. The third-order valence-electron chi connectivity index (χ3n) is 4.55. The van der Waals surface area contributed by atoms with E-state index in [0.717, 1.165) is 24.7 Å². The lowest BCUT2D eigenvalue weighted by Crippen LogP contribution is -2.45. The molecule has 1 aromatic heterocycles. The molecule has 1 unspecified atom stereocenters. The predicted molar refractivity (Wildman–Crippen MR) is 121 cm³/mol. The molecule has 1 heterocycles. The van der Waals surface area contributed by atoms with E-state index in [1.54, 1.807) is 13.2 Å². The standard InChI is InChI=1S/C22H41N5O3/c1-15(2)16(26-20(28)30-22(6,7)8)11-12-27(10)19(23-9)25-14-18-24-13-17(29-18)21(3,4)5/h13,15-16H,11-12,14H2,1-10H3,(H,23,25)(H,26,28). The summed E-state index contributed by atoms with van der Waals surface area (Å²) in [6.07, 6.45) is 2.16. The van der Waals surface area contributed by atoms with E-state index in [1.807, 2.05) is 32.7 Å². The number of hydrogen-bond donors (Lipinski definition) is 2. The minimum absolute atomic E-state index is 0.00138. The van der Waals surface area contributed by atoms with Crippen LogP contribution in [0.4, 0.5) is 4.79 Å². The fourth-order valence-corrected chi connectivity index (χ4v) is 2.75. The maximum atomic E-state index is 12.1. The average molecular weight is 424 g/mol. The number of carbonyl (C=O) groups is 1. The molecule has 1 aromatic rings. The lowest BCUT2D eigenvalue weighted by Gasteiger charge is -2.28. The molecule has 8 heteroatoms. The smallest absolute Gasteiger partial charge is 0.407 e. The van der Waals surface area contributed by atoms with Crippen LogP contribution in [-0.4, -0.2) is 54.2 Å². The number of ether oxygens (including phenoxy) is 1. The van der Waals surface area contributed by atoms with Gasteiger partial charge in [0.2, 0.25) is 5.89 Å². The molecular formula is C22H41N5O3. The molecule has 1 rings (SSSR count). The number of aromatic nitrogens is 1. The molecule has 0 aromatic carbocycles. The summed E-state index contributed by atoms with van der Waals surface area (Å²) in [7, 11) is 3.71. The van der Waals surface area contributed by atoms with Gasteiger partial charge in [-0.05, 0) is 33.1 Å². The van der Waals surface area contributed by atoms with Gasteiger partial charge in [-0.25, -0.2) is 9.78 Å². The van der Waals surface area contributed by atoms with Crippen molar-refractivity contribution in [1.82, 2.24) is 20.5 Å². The Hall–Kier alpha value is -2.25. The van der Waals surface area contributed by atoms with E-state index < -0.39 is 5.60 Å². The molecule has 0 aliphatic rings. The summed E-state index contributed by atoms with van der Waals surface area (Å²) >= 11 is 0. The van der Waals surface area contributed by atoms with Gasteiger partial charge in [0.15, 0.2) is 5.96 Å². The van der Waals surface area contributed by atoms with E-state index in [1.165, 1.54) is 0 Å². The van der Waals surface area contributed by atoms with E-state index in [9.17, 15) is 4.79 Å². The molecule has 0 aliphatic carbocycles. The van der Waals surface area contributed by atoms with Crippen LogP contribution in [0.3, 0.4) is 0 Å². The molecular weight excluding hydrogens is 382 g/mol. The summed E-state index contributed by atoms with van der Waals surface area (Å²) in [6, 6.07) is 0.00138. The second kappa shape index (κ2) is 10.7. The van der Waals surface area contributed by atoms with Crippen LogP contribution < -0.4 is 10.6 Å². The van der Waals surface area contributed by atoms with Crippen molar-refractivity contribution in [3.05, 3.63) is 17.8 Å². The molecule has 0 fully saturated rings. The number of carbonyl (C=O) groups excluding carboxylic acids is 1. The molecule has 1 amide bonds. The summed E-state index contributed by atoms with van der Waals surface area (Å²) < 4.78 is 11.2. The Kier molecular flexibility index (Phi) is 9.18. The van der Waals surface area contributed by atoms with Crippen LogP contribution in [0.5, 0.6) is 0 Å². The van der Waals surface area contributed by atoms with Gasteiger partial charge in [-0.2, -0.15) is 0 Å². The maximum Gasteiger partial charge on any atom is 0.407 e. The minimum Gasteiger partial charge on any atom is -0.444 e. The van der Waals surface area contributed by atoms with Crippen molar-refractivity contribution in [2.24, 2.45) is 10.9 Å². The van der Waals surface area contributed by atoms with E-state index >= 15 is 0 Å². The number of guanidine groups is 1. The number of amides is 1. The summed E-state index contributed by atoms with van der Waals surface area (Å²) in [5.74, 6) is 2.51. The minimum atomic E-state index is -0.513. The van der Waals surface area contributed by atoms with E-state index in [-0.39, 0.29) is 23.5 Å². The summed E-state index contributed by atoms with van der Waals surface area (Å²) in [6.45, 7) is 17.2. The van der Waals surface area contributed by atoms with Gasteiger partial charge >= 0.3 is 6.09 Å². The lowest BCUT2D eigenvalue weighted by molar-refractivity contribution is 0.0485. The summed E-state index contributed by atoms with van der Waals surface area (Å²) in [4.78, 5) is 22.9. The van der Waals surface area contributed by atoms with Gasteiger partial charge in [0, 0.05) is 32.1 Å². The number of alkyl carbamates (subject to hydrolysis) is 1. The van der Waals surface area contributed by atoms with E-state index in [2.05, 4.69) is 55.2 Å². The number of rotatable bonds is 7. The highest BCUT2D eigenvalue weighted by Gasteiger charge is 2.22. The van der Waals surface area contributed by atoms with Crippen LogP contribution in [-0.2, 0) is 16.7 Å². The van der Waals surface area contributed by atoms with Crippen LogP contribution >= 0.6 is 0 Å². The first kappa shape index (κ1) is 25.8. The number of aliphatic imine (C=N–C) groups is 1. The third kappa shape index (κ3) is 9.05. The Balaban J connectivity index is 2.59. The second-order valence-electron chi connectivity index (χ2n) is 9.98. The topological polar surface area (TPSA) is 92.0 Å². The van der Waals surface area contributed by atoms with Crippen molar-refractivity contribution in [3.63, 3.8) is 0 Å². The number of hydrogen-bond acceptors (Lipinski definition) is 5. The van der Waals surface area contributed by atoms with Gasteiger partial charge in [-0.15, -0.1) is 0 Å². The molecule has 8 nitrogen and oxygen atoms in total. The van der Waals surface area contributed by atoms with Crippen molar-refractivity contribution >= 4 is 12.1 Å². The zero-order valence-corrected chi connectivity index (χ0v) is 20.4. The molecule has 0 spiro atoms. The Morgan fingerprint density at radius 1 is 1.27 bits per heavy atom. The molecule has 0 aliphatic heterocycles. The highest BCUT2D eigenvalue weighted by molar-refractivity contribution is 5.79. The Morgan fingerprint density at radius 2 is 1.90 bits per heavy atom. The number of nitrogens with zero attached hydrogens (tertiary/aromatic N) is 3. The van der Waals surface area contributed by atoms with Gasteiger partial charge in [0.05, 0.1) is 12.7 Å². The van der Waals surface area contributed by atoms with Crippen molar-refractivity contribution in [2.75, 3.05) is 20.6 Å². The van der Waals surface area contributed by atoms with Crippen LogP contribution in [0.1, 0.15) is 73.5 Å². The largest absolute Gasteiger partial charge is 0.444 e. The van der Waals surface area contributed by atoms with Crippen molar-refractivity contribution < 1.29 is 13.9 Å². The van der Waals surface area contributed by atoms with E-state index in [0.29, 0.717) is 12.4 Å². The maximum absolute atomic E-state index is 12.1. The molecule has 0 saturated carbocycles. The molecule has 0 bridgehead atoms. The van der Waals surface area contributed by atoms with Crippen molar-refractivity contribution in [3.8, 4) is 0 Å². The quantitative estimate of drug-likeness (QED) is 0.510. The van der Waals surface area contributed by atoms with Crippen LogP contribution in [0.15, 0.2) is 15.6 Å². The predicted octanol–water partition coefficient (Wildman–Crippen LogP) is 3.92. The average Bonchev–Trinajstić information content (AvgIpc) is 3.06. The SMILES string of the molecule is CN=C(NCc1ncc(C(C)(C)C)o1)N(C)CCC(NC(=O)OC(C)(C)C)C(C)C. The van der Waals surface area contributed by atoms with Crippen LogP contribution in [0.2, 0.25) is 0 Å². The highest BCUT2D eigenvalue weighted by atomic mass is 16.6. The fraction of sp³-hybridized carbons (Fsp3) is 0.773. The zero-order valence-electron chi connectivity index (χ0n) is 20.4. The summed E-state index contributed by atoms with van der Waals surface area (Å²) in [5.41, 5.74) is -0.585. The van der Waals surface area contributed by atoms with Crippen LogP contribution in [0, 0.1) is 5.92 Å². The summed E-state index contributed by atoms with van der Waals surface area (Å²) in [5, 5.41) is 6.27. The number of oxazole rings is 1. The molecule has 30 heavy (non-hydrogen) atoms. The van der Waals surface area contributed by atoms with Crippen LogP contribution in [0.25, 0.3) is 0 Å². The third-order valence-corrected chi connectivity index (χ3v) is 4.55. The zero-order chi connectivity index (χ0) is 23.1. The van der Waals surface area contributed by atoms with Gasteiger partial charge in [0.25, 0.3) is 0 Å². The van der Waals surface area contributed by atoms with Crippen molar-refractivity contribution in [1.29, 1.82) is 0 Å². The first-order valence-corrected chi connectivity index (χ1v) is 10.6. The Labute approximate surface area is 181 Å². The highest BCUT2D eigenvalue weighted by Crippen LogP contribution is 2.22. The first-order chi connectivity index (χ1) is 13.7. The molecule has 0 radical (unpaired) electrons. The van der Waals surface area contributed by atoms with Crippen molar-refractivity contribution in [2.45, 2.75) is 85.4 Å². The molecule has 2 N–H and O–H groups in total. The Morgan fingerprint density at radius 3 is 2.37 bits per heavy atom. The Bertz CT molecular complexity index is 698. The van der Waals surface area contributed by atoms with E-state index in [4.69, 9.17) is 9.15 Å². The van der Waals surface area contributed by atoms with Gasteiger partial charge in [-0.1, -0.05) is 34.6 Å². The van der Waals surface area contributed by atoms with Gasteiger partial charge in [0.1, 0.15) is 11.4 Å². The fourth-order valence-electron chi connectivity index (χ4n) is 2.75. The van der Waals surface area contributed by atoms with Gasteiger partial charge < -0.3 is 24.7 Å². The first-order valence-electron chi connectivity index (χ1n) is 10.6. The monoisotopic (exact) mass is 423 g/mol. The molecule has 172 valence electrons. The lowest BCUT2D eigenvalue weighted by atomic mass is 9.94. The molecule has 0 saturated heterocycles. The normalized spacial score (nSPS) is 13.9. The second-order valence-corrected chi connectivity index (χ2v) is 9.98. The number of nitrogens with one attached hydrogen (secondary N) is 2. The van der Waals surface area contributed by atoms with Gasteiger partial charge in [-0.3, -0.25) is 4.99 Å².